The van der Waals surface area contributed by atoms with Crippen molar-refractivity contribution in [2.75, 3.05) is 5.73 Å². The topological polar surface area (TPSA) is 102 Å². The van der Waals surface area contributed by atoms with E-state index in [0.717, 1.165) is 0 Å². The molecule has 1 aromatic heterocycles. The number of nitrogens with one attached hydrogen (secondary N) is 1. The molecule has 0 saturated heterocycles. The minimum absolute atomic E-state index is 0.0521. The van der Waals surface area contributed by atoms with Crippen molar-refractivity contribution >= 4 is 11.6 Å². The number of hydrogen-bond donors (Lipinski definition) is 3. The highest BCUT2D eigenvalue weighted by Crippen LogP contribution is 1.96. The first-order valence-electron chi connectivity index (χ1n) is 3.39. The van der Waals surface area contributed by atoms with Gasteiger partial charge in [0.15, 0.2) is 0 Å². The maximum Gasteiger partial charge on any atom is 0.293 e. The van der Waals surface area contributed by atoms with E-state index in [1.807, 2.05) is 0 Å². The van der Waals surface area contributed by atoms with Crippen LogP contribution in [-0.2, 0) is 4.79 Å². The number of rotatable bonds is 0. The van der Waals surface area contributed by atoms with Crippen LogP contribution in [0.25, 0.3) is 0 Å². The predicted molar refractivity (Wildman–Crippen MR) is 47.5 cm³/mol. The predicted octanol–water partition coefficient (Wildman–Crippen LogP) is -1.21. The van der Waals surface area contributed by atoms with Gasteiger partial charge in [-0.05, 0) is 6.07 Å². The Balaban J connectivity index is 3.07. The van der Waals surface area contributed by atoms with Gasteiger partial charge in [-0.3, -0.25) is 9.59 Å². The lowest BCUT2D eigenvalue weighted by atomic mass is 10.2. The molecule has 5 N–H and O–H groups in total. The molecule has 0 atom stereocenters. The van der Waals surface area contributed by atoms with Gasteiger partial charge in [0.1, 0.15) is 0 Å². The van der Waals surface area contributed by atoms with Crippen LogP contribution >= 0.6 is 0 Å². The Bertz CT molecular complexity index is 450. The highest BCUT2D eigenvalue weighted by atomic mass is 16.1. The van der Waals surface area contributed by atoms with Crippen LogP contribution in [-0.4, -0.2) is 10.9 Å². The lowest BCUT2D eigenvalue weighted by molar-refractivity contribution is -0.112. The monoisotopic (exact) mass is 177 g/mol. The molecule has 0 fully saturated rings. The van der Waals surface area contributed by atoms with Gasteiger partial charge in [0, 0.05) is 17.7 Å². The number of anilines is 1. The molecule has 0 unspecified atom stereocenters. The summed E-state index contributed by atoms with van der Waals surface area (Å²) in [5.41, 5.74) is 10.2. The Labute approximate surface area is 73.7 Å². The van der Waals surface area contributed by atoms with E-state index in [9.17, 15) is 9.59 Å². The Kier molecular flexibility index (Phi) is 2.36. The number of nitrogens with two attached hydrogens (primary N) is 2. The van der Waals surface area contributed by atoms with Crippen LogP contribution in [0.3, 0.4) is 0 Å². The maximum absolute atomic E-state index is 10.8. The fourth-order valence-corrected chi connectivity index (χ4v) is 0.707. The molecule has 66 valence electrons. The summed E-state index contributed by atoms with van der Waals surface area (Å²) in [7, 11) is 0. The van der Waals surface area contributed by atoms with Crippen molar-refractivity contribution in [2.24, 2.45) is 5.73 Å². The SMILES string of the molecule is NC(=O)C#Cc1c[nH]c(=O)c(N)c1. The number of nitrogen functional groups attached to an aromatic ring is 1. The van der Waals surface area contributed by atoms with Crippen LogP contribution in [0.2, 0.25) is 0 Å². The van der Waals surface area contributed by atoms with Gasteiger partial charge in [-0.25, -0.2) is 0 Å². The van der Waals surface area contributed by atoms with E-state index < -0.39 is 5.91 Å². The molecule has 0 aliphatic rings. The molecule has 1 aromatic rings. The summed E-state index contributed by atoms with van der Waals surface area (Å²) < 4.78 is 0. The maximum atomic E-state index is 10.8. The van der Waals surface area contributed by atoms with E-state index in [1.54, 1.807) is 0 Å². The molecule has 1 rings (SSSR count). The molecule has 0 saturated carbocycles. The van der Waals surface area contributed by atoms with Gasteiger partial charge in [0.25, 0.3) is 11.5 Å². The number of H-pyrrole nitrogens is 1. The van der Waals surface area contributed by atoms with Crippen molar-refractivity contribution in [3.05, 3.63) is 28.2 Å². The van der Waals surface area contributed by atoms with Crippen LogP contribution in [0.15, 0.2) is 17.1 Å². The standard InChI is InChI=1S/C8H7N3O2/c9-6-3-5(1-2-7(10)12)4-11-8(6)13/h3-4H,9H2,(H2,10,12)(H,11,13). The fraction of sp³-hybridized carbons (Fsp3) is 0. The Hall–Kier alpha value is -2.22. The third kappa shape index (κ3) is 2.38. The summed E-state index contributed by atoms with van der Waals surface area (Å²) in [6.07, 6.45) is 1.36. The van der Waals surface area contributed by atoms with Crippen molar-refractivity contribution in [1.82, 2.24) is 4.98 Å². The quantitative estimate of drug-likeness (QED) is 0.433. The Morgan fingerprint density at radius 1 is 1.54 bits per heavy atom. The molecule has 1 heterocycles. The highest BCUT2D eigenvalue weighted by molar-refractivity contribution is 5.92. The second-order valence-electron chi connectivity index (χ2n) is 2.29. The molecular weight excluding hydrogens is 170 g/mol. The molecule has 0 bridgehead atoms. The van der Waals surface area contributed by atoms with Gasteiger partial charge in [-0.1, -0.05) is 5.92 Å². The molecule has 5 heteroatoms. The second kappa shape index (κ2) is 3.45. The summed E-state index contributed by atoms with van der Waals surface area (Å²) in [6.45, 7) is 0. The zero-order chi connectivity index (χ0) is 9.84. The molecule has 0 radical (unpaired) electrons. The summed E-state index contributed by atoms with van der Waals surface area (Å²) in [4.78, 5) is 23.4. The van der Waals surface area contributed by atoms with Crippen LogP contribution < -0.4 is 17.0 Å². The van der Waals surface area contributed by atoms with E-state index in [4.69, 9.17) is 11.5 Å². The lowest BCUT2D eigenvalue weighted by Crippen LogP contribution is -2.11. The molecule has 0 aliphatic carbocycles. The molecule has 5 nitrogen and oxygen atoms in total. The van der Waals surface area contributed by atoms with Crippen molar-refractivity contribution in [3.63, 3.8) is 0 Å². The number of pyridine rings is 1. The molecular formula is C8H7N3O2. The van der Waals surface area contributed by atoms with Crippen LogP contribution in [0.1, 0.15) is 5.56 Å². The lowest BCUT2D eigenvalue weighted by Gasteiger charge is -1.91. The van der Waals surface area contributed by atoms with E-state index in [-0.39, 0.29) is 11.2 Å². The van der Waals surface area contributed by atoms with Gasteiger partial charge in [0.05, 0.1) is 5.69 Å². The van der Waals surface area contributed by atoms with Crippen LogP contribution in [0, 0.1) is 11.8 Å². The number of amides is 1. The van der Waals surface area contributed by atoms with Crippen molar-refractivity contribution in [1.29, 1.82) is 0 Å². The average molecular weight is 177 g/mol. The molecule has 13 heavy (non-hydrogen) atoms. The molecule has 0 spiro atoms. The minimum atomic E-state index is -0.732. The first kappa shape index (κ1) is 8.87. The number of hydrogen-bond acceptors (Lipinski definition) is 3. The number of aromatic amines is 1. The van der Waals surface area contributed by atoms with E-state index in [0.29, 0.717) is 5.56 Å². The summed E-state index contributed by atoms with van der Waals surface area (Å²) in [6, 6.07) is 1.37. The van der Waals surface area contributed by atoms with Gasteiger partial charge >= 0.3 is 0 Å². The normalized spacial score (nSPS) is 8.62. The number of primary amides is 1. The molecule has 1 amide bonds. The summed E-state index contributed by atoms with van der Waals surface area (Å²) >= 11 is 0. The van der Waals surface area contributed by atoms with E-state index in [2.05, 4.69) is 16.8 Å². The van der Waals surface area contributed by atoms with Gasteiger partial charge in [0.2, 0.25) is 0 Å². The zero-order valence-electron chi connectivity index (χ0n) is 6.63. The number of carbonyl (C=O) groups is 1. The van der Waals surface area contributed by atoms with Crippen molar-refractivity contribution in [3.8, 4) is 11.8 Å². The smallest absolute Gasteiger partial charge is 0.293 e. The average Bonchev–Trinajstić information content (AvgIpc) is 2.07. The van der Waals surface area contributed by atoms with Crippen molar-refractivity contribution < 1.29 is 4.79 Å². The van der Waals surface area contributed by atoms with Crippen LogP contribution in [0.5, 0.6) is 0 Å². The van der Waals surface area contributed by atoms with E-state index in [1.165, 1.54) is 12.3 Å². The highest BCUT2D eigenvalue weighted by Gasteiger charge is 1.93. The molecule has 0 aliphatic heterocycles. The Morgan fingerprint density at radius 3 is 2.77 bits per heavy atom. The van der Waals surface area contributed by atoms with Gasteiger partial charge in [-0.2, -0.15) is 0 Å². The van der Waals surface area contributed by atoms with Crippen molar-refractivity contribution in [2.45, 2.75) is 0 Å². The number of aromatic nitrogens is 1. The number of carbonyl (C=O) groups excluding carboxylic acids is 1. The molecule has 0 aromatic carbocycles. The van der Waals surface area contributed by atoms with E-state index >= 15 is 0 Å². The van der Waals surface area contributed by atoms with Gasteiger partial charge in [-0.15, -0.1) is 0 Å². The first-order chi connectivity index (χ1) is 6.09. The fourth-order valence-electron chi connectivity index (χ4n) is 0.707. The summed E-state index contributed by atoms with van der Waals surface area (Å²) in [5.74, 6) is 3.83. The van der Waals surface area contributed by atoms with Crippen LogP contribution in [0.4, 0.5) is 5.69 Å². The summed E-state index contributed by atoms with van der Waals surface area (Å²) in [5, 5.41) is 0. The minimum Gasteiger partial charge on any atom is -0.394 e. The zero-order valence-corrected chi connectivity index (χ0v) is 6.63. The second-order valence-corrected chi connectivity index (χ2v) is 2.29. The Morgan fingerprint density at radius 2 is 2.23 bits per heavy atom. The van der Waals surface area contributed by atoms with Gasteiger partial charge < -0.3 is 16.5 Å². The third-order valence-electron chi connectivity index (χ3n) is 1.26. The largest absolute Gasteiger partial charge is 0.394 e. The third-order valence-corrected chi connectivity index (χ3v) is 1.26. The first-order valence-corrected chi connectivity index (χ1v) is 3.39.